The monoisotopic (exact) mass is 475 g/mol. The van der Waals surface area contributed by atoms with Crippen LogP contribution in [0.15, 0.2) is 127 Å². The highest BCUT2D eigenvalue weighted by molar-refractivity contribution is 6.07. The van der Waals surface area contributed by atoms with Crippen molar-refractivity contribution in [3.8, 4) is 0 Å². The molecule has 0 fully saturated rings. The normalized spacial score (nSPS) is 11.4. The average molecular weight is 476 g/mol. The summed E-state index contributed by atoms with van der Waals surface area (Å²) in [6.07, 6.45) is 4.48. The number of aryl methyl sites for hydroxylation is 2. The molecule has 0 saturated carbocycles. The van der Waals surface area contributed by atoms with E-state index >= 15 is 0 Å². The zero-order valence-corrected chi connectivity index (χ0v) is 21.2. The zero-order valence-electron chi connectivity index (χ0n) is 21.2. The largest absolute Gasteiger partial charge is 0.311 e. The molecule has 0 saturated heterocycles. The van der Waals surface area contributed by atoms with E-state index < -0.39 is 0 Å². The maximum Gasteiger partial charge on any atom is 0.0462 e. The minimum absolute atomic E-state index is 1.14. The Kier molecular flexibility index (Phi) is 6.04. The second-order valence-electron chi connectivity index (χ2n) is 9.66. The molecule has 0 atom stereocenters. The molecule has 6 rings (SSSR count). The third-order valence-electron chi connectivity index (χ3n) is 6.99. The average Bonchev–Trinajstić information content (AvgIpc) is 2.94. The molecule has 178 valence electrons. The maximum absolute atomic E-state index is 2.31. The molecule has 37 heavy (non-hydrogen) atoms. The minimum atomic E-state index is 1.14. The molecular weight excluding hydrogens is 446 g/mol. The van der Waals surface area contributed by atoms with Crippen LogP contribution in [-0.4, -0.2) is 0 Å². The molecular formula is C36H29N. The van der Waals surface area contributed by atoms with Gasteiger partial charge in [-0.05, 0) is 89.0 Å². The number of fused-ring (bicyclic) bond motifs is 2. The summed E-state index contributed by atoms with van der Waals surface area (Å²) < 4.78 is 0. The molecule has 0 unspecified atom stereocenters. The summed E-state index contributed by atoms with van der Waals surface area (Å²) in [5.41, 5.74) is 8.40. The Hall–Kier alpha value is -4.62. The highest BCUT2D eigenvalue weighted by Crippen LogP contribution is 2.35. The summed E-state index contributed by atoms with van der Waals surface area (Å²) in [6.45, 7) is 4.25. The topological polar surface area (TPSA) is 3.24 Å². The van der Waals surface area contributed by atoms with E-state index in [0.29, 0.717) is 0 Å². The van der Waals surface area contributed by atoms with Gasteiger partial charge in [0.15, 0.2) is 0 Å². The third kappa shape index (κ3) is 4.64. The Morgan fingerprint density at radius 2 is 0.892 bits per heavy atom. The molecule has 0 bridgehead atoms. The predicted molar refractivity (Wildman–Crippen MR) is 161 cm³/mol. The van der Waals surface area contributed by atoms with Gasteiger partial charge in [0.05, 0.1) is 0 Å². The van der Waals surface area contributed by atoms with Crippen LogP contribution in [-0.2, 0) is 0 Å². The Labute approximate surface area is 218 Å². The zero-order chi connectivity index (χ0) is 25.2. The molecule has 0 spiro atoms. The third-order valence-corrected chi connectivity index (χ3v) is 6.99. The lowest BCUT2D eigenvalue weighted by Gasteiger charge is -2.25. The molecule has 0 amide bonds. The second kappa shape index (κ2) is 9.79. The van der Waals surface area contributed by atoms with Crippen molar-refractivity contribution in [3.63, 3.8) is 0 Å². The van der Waals surface area contributed by atoms with Crippen LogP contribution in [0.3, 0.4) is 0 Å². The number of rotatable bonds is 5. The fraction of sp³-hybridized carbons (Fsp3) is 0.0556. The van der Waals surface area contributed by atoms with Crippen LogP contribution in [0.1, 0.15) is 22.3 Å². The van der Waals surface area contributed by atoms with Gasteiger partial charge in [0.2, 0.25) is 0 Å². The van der Waals surface area contributed by atoms with Crippen molar-refractivity contribution in [1.82, 2.24) is 0 Å². The molecule has 6 aromatic carbocycles. The SMILES string of the molecule is Cc1ccc(N(c2ccc(C)cc2)c2ccc(C=Cc3c4ccccc4cc4ccccc34)cc2)cc1. The lowest BCUT2D eigenvalue weighted by molar-refractivity contribution is 1.27. The summed E-state index contributed by atoms with van der Waals surface area (Å²) in [6, 6.07) is 45.8. The van der Waals surface area contributed by atoms with Crippen molar-refractivity contribution >= 4 is 50.8 Å². The predicted octanol–water partition coefficient (Wildman–Crippen LogP) is 10.3. The smallest absolute Gasteiger partial charge is 0.0462 e. The summed E-state index contributed by atoms with van der Waals surface area (Å²) in [5.74, 6) is 0. The first kappa shape index (κ1) is 22.8. The van der Waals surface area contributed by atoms with Gasteiger partial charge in [-0.25, -0.2) is 0 Å². The van der Waals surface area contributed by atoms with E-state index in [2.05, 4.69) is 158 Å². The highest BCUT2D eigenvalue weighted by Gasteiger charge is 2.12. The molecule has 0 aliphatic heterocycles. The summed E-state index contributed by atoms with van der Waals surface area (Å²) >= 11 is 0. The van der Waals surface area contributed by atoms with Gasteiger partial charge in [-0.2, -0.15) is 0 Å². The number of hydrogen-bond acceptors (Lipinski definition) is 1. The van der Waals surface area contributed by atoms with E-state index in [0.717, 1.165) is 17.1 Å². The summed E-state index contributed by atoms with van der Waals surface area (Å²) in [5, 5.41) is 5.09. The standard InChI is InChI=1S/C36H29N/c1-26-11-18-31(19-12-26)37(32-20-13-27(2)14-21-32)33-22-15-28(16-23-33)17-24-36-34-9-5-3-7-29(34)25-30-8-4-6-10-35(30)36/h3-25H,1-2H3. The Balaban J connectivity index is 1.38. The van der Waals surface area contributed by atoms with E-state index in [4.69, 9.17) is 0 Å². The number of nitrogens with zero attached hydrogens (tertiary/aromatic N) is 1. The van der Waals surface area contributed by atoms with Gasteiger partial charge in [0.25, 0.3) is 0 Å². The Bertz CT molecular complexity index is 1610. The van der Waals surface area contributed by atoms with Crippen LogP contribution in [0.5, 0.6) is 0 Å². The Morgan fingerprint density at radius 3 is 1.38 bits per heavy atom. The summed E-state index contributed by atoms with van der Waals surface area (Å²) in [7, 11) is 0. The van der Waals surface area contributed by atoms with Crippen LogP contribution in [0.4, 0.5) is 17.1 Å². The van der Waals surface area contributed by atoms with Gasteiger partial charge in [0, 0.05) is 17.1 Å². The molecule has 1 heteroatoms. The van der Waals surface area contributed by atoms with Crippen molar-refractivity contribution in [2.75, 3.05) is 4.90 Å². The molecule has 0 radical (unpaired) electrons. The molecule has 1 nitrogen and oxygen atoms in total. The van der Waals surface area contributed by atoms with Crippen LogP contribution in [0.25, 0.3) is 33.7 Å². The van der Waals surface area contributed by atoms with Crippen molar-refractivity contribution < 1.29 is 0 Å². The van der Waals surface area contributed by atoms with Gasteiger partial charge < -0.3 is 4.90 Å². The van der Waals surface area contributed by atoms with E-state index in [1.807, 2.05) is 0 Å². The van der Waals surface area contributed by atoms with Crippen LogP contribution in [0, 0.1) is 13.8 Å². The van der Waals surface area contributed by atoms with Gasteiger partial charge in [-0.15, -0.1) is 0 Å². The van der Waals surface area contributed by atoms with Crippen molar-refractivity contribution in [2.45, 2.75) is 13.8 Å². The van der Waals surface area contributed by atoms with E-state index in [-0.39, 0.29) is 0 Å². The van der Waals surface area contributed by atoms with Crippen molar-refractivity contribution in [2.24, 2.45) is 0 Å². The number of anilines is 3. The van der Waals surface area contributed by atoms with Crippen molar-refractivity contribution in [1.29, 1.82) is 0 Å². The first-order valence-electron chi connectivity index (χ1n) is 12.8. The summed E-state index contributed by atoms with van der Waals surface area (Å²) in [4.78, 5) is 2.31. The first-order valence-corrected chi connectivity index (χ1v) is 12.8. The van der Waals surface area contributed by atoms with Gasteiger partial charge in [-0.1, -0.05) is 108 Å². The molecule has 6 aromatic rings. The number of hydrogen-bond donors (Lipinski definition) is 0. The van der Waals surface area contributed by atoms with E-state index in [9.17, 15) is 0 Å². The fourth-order valence-electron chi connectivity index (χ4n) is 4.98. The second-order valence-corrected chi connectivity index (χ2v) is 9.66. The maximum atomic E-state index is 2.31. The van der Waals surface area contributed by atoms with Crippen LogP contribution in [0.2, 0.25) is 0 Å². The molecule has 0 aromatic heterocycles. The quantitative estimate of drug-likeness (QED) is 0.177. The van der Waals surface area contributed by atoms with Crippen molar-refractivity contribution in [3.05, 3.63) is 150 Å². The lowest BCUT2D eigenvalue weighted by atomic mass is 9.96. The van der Waals surface area contributed by atoms with Gasteiger partial charge >= 0.3 is 0 Å². The van der Waals surface area contributed by atoms with Crippen LogP contribution < -0.4 is 4.90 Å². The number of benzene rings is 6. The van der Waals surface area contributed by atoms with Gasteiger partial charge in [0.1, 0.15) is 0 Å². The van der Waals surface area contributed by atoms with Crippen LogP contribution >= 0.6 is 0 Å². The minimum Gasteiger partial charge on any atom is -0.311 e. The van der Waals surface area contributed by atoms with E-state index in [1.165, 1.54) is 43.8 Å². The molecule has 0 N–H and O–H groups in total. The molecule has 0 aliphatic rings. The highest BCUT2D eigenvalue weighted by atomic mass is 15.1. The molecule has 0 heterocycles. The van der Waals surface area contributed by atoms with E-state index in [1.54, 1.807) is 0 Å². The lowest BCUT2D eigenvalue weighted by Crippen LogP contribution is -2.09. The first-order chi connectivity index (χ1) is 18.2. The Morgan fingerprint density at radius 1 is 0.459 bits per heavy atom. The van der Waals surface area contributed by atoms with Gasteiger partial charge in [-0.3, -0.25) is 0 Å². The molecule has 0 aliphatic carbocycles. The fourth-order valence-corrected chi connectivity index (χ4v) is 4.98.